The van der Waals surface area contributed by atoms with Gasteiger partial charge in [-0.05, 0) is 51.4 Å². The highest BCUT2D eigenvalue weighted by atomic mass is 32.2. The second-order valence-corrected chi connectivity index (χ2v) is 12.9. The molecule has 0 saturated heterocycles. The number of hydrogen-bond donors (Lipinski definition) is 3. The first kappa shape index (κ1) is 38.4. The summed E-state index contributed by atoms with van der Waals surface area (Å²) in [6.45, 7) is 5.41. The number of halogens is 2. The number of hydrogen-bond acceptors (Lipinski definition) is 9. The summed E-state index contributed by atoms with van der Waals surface area (Å²) in [6, 6.07) is 0. The van der Waals surface area contributed by atoms with Crippen LogP contribution in [0.3, 0.4) is 0 Å². The average molecular weight is 657 g/mol. The van der Waals surface area contributed by atoms with Crippen molar-refractivity contribution in [2.45, 2.75) is 75.2 Å². The molecule has 1 amide bonds. The number of nitrogens with two attached hydrogens (primary N) is 2. The Morgan fingerprint density at radius 2 is 1.36 bits per heavy atom. The quantitative estimate of drug-likeness (QED) is 0.0697. The smallest absolute Gasteiger partial charge is 0.275 e. The summed E-state index contributed by atoms with van der Waals surface area (Å²) in [4.78, 5) is 15.3. The lowest BCUT2D eigenvalue weighted by atomic mass is 9.83. The summed E-state index contributed by atoms with van der Waals surface area (Å²) in [5.74, 6) is -1.53. The fourth-order valence-electron chi connectivity index (χ4n) is 5.09. The van der Waals surface area contributed by atoms with E-state index < -0.39 is 51.6 Å². The van der Waals surface area contributed by atoms with Crippen molar-refractivity contribution < 1.29 is 50.4 Å². The Hall–Kier alpha value is -1.79. The molecule has 2 rings (SSSR count). The van der Waals surface area contributed by atoms with Crippen LogP contribution in [-0.2, 0) is 43.2 Å². The Bertz CT molecular complexity index is 982. The number of methoxy groups -OCH3 is 1. The SMILES string of the molecule is COCCOCCOCCOCCOCCNS(=O)(=O)C1CCC(OC2C(F)CC(/C=C(\C)C(=O)N=C(N)N)CC2F)CC1. The highest BCUT2D eigenvalue weighted by molar-refractivity contribution is 7.90. The van der Waals surface area contributed by atoms with Crippen molar-refractivity contribution in [1.29, 1.82) is 0 Å². The molecule has 0 heterocycles. The number of aliphatic imine (C=N–C) groups is 1. The minimum absolute atomic E-state index is 0.000350. The van der Waals surface area contributed by atoms with Gasteiger partial charge in [-0.2, -0.15) is 4.99 Å². The molecule has 2 saturated carbocycles. The maximum atomic E-state index is 14.9. The summed E-state index contributed by atoms with van der Waals surface area (Å²) in [7, 11) is -1.96. The number of guanidine groups is 1. The predicted molar refractivity (Wildman–Crippen MR) is 160 cm³/mol. The van der Waals surface area contributed by atoms with E-state index in [1.165, 1.54) is 13.0 Å². The highest BCUT2D eigenvalue weighted by Crippen LogP contribution is 2.35. The van der Waals surface area contributed by atoms with Gasteiger partial charge in [0.05, 0.1) is 70.8 Å². The van der Waals surface area contributed by atoms with Crippen LogP contribution in [0.4, 0.5) is 8.78 Å². The topological polar surface area (TPSA) is 183 Å². The fourth-order valence-corrected chi connectivity index (χ4v) is 6.58. The van der Waals surface area contributed by atoms with Crippen LogP contribution in [0.15, 0.2) is 16.6 Å². The van der Waals surface area contributed by atoms with Crippen molar-refractivity contribution in [3.05, 3.63) is 11.6 Å². The lowest BCUT2D eigenvalue weighted by Gasteiger charge is -2.37. The van der Waals surface area contributed by atoms with Gasteiger partial charge in [-0.3, -0.25) is 4.79 Å². The van der Waals surface area contributed by atoms with Crippen molar-refractivity contribution in [1.82, 2.24) is 4.72 Å². The van der Waals surface area contributed by atoms with Crippen LogP contribution in [0.2, 0.25) is 0 Å². The third-order valence-corrected chi connectivity index (χ3v) is 9.29. The fraction of sp³-hybridized carbons (Fsp3) is 0.857. The molecule has 44 heavy (non-hydrogen) atoms. The molecule has 2 aliphatic rings. The molecule has 16 heteroatoms. The highest BCUT2D eigenvalue weighted by Gasteiger charge is 2.41. The van der Waals surface area contributed by atoms with Gasteiger partial charge in [-0.1, -0.05) is 6.08 Å². The predicted octanol–water partition coefficient (Wildman–Crippen LogP) is 1.15. The minimum Gasteiger partial charge on any atom is -0.382 e. The first-order valence-corrected chi connectivity index (χ1v) is 16.6. The van der Waals surface area contributed by atoms with E-state index in [4.69, 9.17) is 39.9 Å². The van der Waals surface area contributed by atoms with E-state index in [0.29, 0.717) is 78.5 Å². The van der Waals surface area contributed by atoms with Crippen molar-refractivity contribution >= 4 is 21.9 Å². The number of carbonyl (C=O) groups excluding carboxylic acids is 1. The van der Waals surface area contributed by atoms with Crippen LogP contribution in [0.5, 0.6) is 0 Å². The Labute approximate surface area is 259 Å². The van der Waals surface area contributed by atoms with Crippen LogP contribution in [0.25, 0.3) is 0 Å². The van der Waals surface area contributed by atoms with E-state index in [1.807, 2.05) is 0 Å². The van der Waals surface area contributed by atoms with Gasteiger partial charge in [-0.25, -0.2) is 21.9 Å². The molecule has 0 aromatic rings. The third-order valence-electron chi connectivity index (χ3n) is 7.33. The summed E-state index contributed by atoms with van der Waals surface area (Å²) >= 11 is 0. The van der Waals surface area contributed by atoms with E-state index in [-0.39, 0.29) is 37.5 Å². The largest absolute Gasteiger partial charge is 0.382 e. The standard InChI is InChI=1S/C28H50F2N4O9S/c1-20(27(35)34-28(31)32)17-21-18-24(29)26(25(30)19-21)43-22-3-5-23(6-4-22)44(36,37)33-7-8-39-11-12-41-15-16-42-14-13-40-10-9-38-2/h17,21-26,33H,3-16,18-19H2,1-2H3,(H4,31,32,34,35)/b20-17+. The maximum absolute atomic E-state index is 14.9. The zero-order valence-corrected chi connectivity index (χ0v) is 26.6. The van der Waals surface area contributed by atoms with Gasteiger partial charge in [0.25, 0.3) is 5.91 Å². The number of nitrogens with one attached hydrogen (secondary N) is 1. The monoisotopic (exact) mass is 656 g/mol. The van der Waals surface area contributed by atoms with Crippen LogP contribution in [0.1, 0.15) is 45.4 Å². The molecule has 2 aliphatic carbocycles. The summed E-state index contributed by atoms with van der Waals surface area (Å²) in [5, 5.41) is -0.606. The molecular formula is C28H50F2N4O9S. The molecule has 0 radical (unpaired) electrons. The zero-order chi connectivity index (χ0) is 32.4. The molecule has 0 aromatic heterocycles. The number of carbonyl (C=O) groups is 1. The Balaban J connectivity index is 1.57. The molecule has 2 atom stereocenters. The number of allylic oxidation sites excluding steroid dienone is 1. The third kappa shape index (κ3) is 15.0. The molecule has 0 spiro atoms. The Kier molecular flexibility index (Phi) is 18.4. The van der Waals surface area contributed by atoms with E-state index in [9.17, 15) is 22.0 Å². The van der Waals surface area contributed by atoms with Crippen molar-refractivity contribution in [3.63, 3.8) is 0 Å². The van der Waals surface area contributed by atoms with E-state index in [2.05, 4.69) is 9.71 Å². The van der Waals surface area contributed by atoms with Gasteiger partial charge < -0.3 is 39.9 Å². The summed E-state index contributed by atoms with van der Waals surface area (Å²) < 4.78 is 90.0. The van der Waals surface area contributed by atoms with Crippen LogP contribution in [-0.4, -0.2) is 123 Å². The first-order chi connectivity index (χ1) is 21.0. The van der Waals surface area contributed by atoms with Crippen molar-refractivity contribution in [2.75, 3.05) is 73.1 Å². The van der Waals surface area contributed by atoms with E-state index in [1.54, 1.807) is 7.11 Å². The van der Waals surface area contributed by atoms with Gasteiger partial charge in [0.2, 0.25) is 10.0 Å². The van der Waals surface area contributed by atoms with Gasteiger partial charge in [-0.15, -0.1) is 0 Å². The van der Waals surface area contributed by atoms with Crippen molar-refractivity contribution in [2.24, 2.45) is 22.4 Å². The summed E-state index contributed by atoms with van der Waals surface area (Å²) in [5.41, 5.74) is 10.6. The van der Waals surface area contributed by atoms with Gasteiger partial charge in [0.15, 0.2) is 5.96 Å². The van der Waals surface area contributed by atoms with Crippen LogP contribution < -0.4 is 16.2 Å². The molecule has 5 N–H and O–H groups in total. The molecule has 0 aromatic carbocycles. The lowest BCUT2D eigenvalue weighted by molar-refractivity contribution is -0.118. The molecule has 0 aliphatic heterocycles. The Morgan fingerprint density at radius 3 is 1.86 bits per heavy atom. The van der Waals surface area contributed by atoms with Crippen LogP contribution in [0, 0.1) is 5.92 Å². The molecule has 2 unspecified atom stereocenters. The average Bonchev–Trinajstić information content (AvgIpc) is 2.97. The van der Waals surface area contributed by atoms with Crippen LogP contribution >= 0.6 is 0 Å². The normalized spacial score (nSPS) is 26.4. The van der Waals surface area contributed by atoms with Gasteiger partial charge in [0, 0.05) is 19.2 Å². The molecular weight excluding hydrogens is 606 g/mol. The molecule has 13 nitrogen and oxygen atoms in total. The number of ether oxygens (including phenoxy) is 6. The number of amides is 1. The molecule has 256 valence electrons. The van der Waals surface area contributed by atoms with Gasteiger partial charge >= 0.3 is 0 Å². The van der Waals surface area contributed by atoms with E-state index >= 15 is 0 Å². The number of rotatable bonds is 21. The number of sulfonamides is 1. The second kappa shape index (κ2) is 21.1. The second-order valence-electron chi connectivity index (χ2n) is 10.8. The molecule has 0 bridgehead atoms. The maximum Gasteiger partial charge on any atom is 0.275 e. The Morgan fingerprint density at radius 1 is 0.864 bits per heavy atom. The summed E-state index contributed by atoms with van der Waals surface area (Å²) in [6.07, 6.45) is -1.87. The van der Waals surface area contributed by atoms with Crippen molar-refractivity contribution in [3.8, 4) is 0 Å². The lowest BCUT2D eigenvalue weighted by Crippen LogP contribution is -2.45. The number of alkyl halides is 2. The zero-order valence-electron chi connectivity index (χ0n) is 25.8. The number of nitrogens with zero attached hydrogens (tertiary/aromatic N) is 1. The van der Waals surface area contributed by atoms with E-state index in [0.717, 1.165) is 0 Å². The molecule has 2 fully saturated rings. The van der Waals surface area contributed by atoms with Gasteiger partial charge in [0.1, 0.15) is 18.4 Å². The first-order valence-electron chi connectivity index (χ1n) is 15.1. The minimum atomic E-state index is -3.57.